The van der Waals surface area contributed by atoms with Gasteiger partial charge in [0.2, 0.25) is 11.6 Å². The van der Waals surface area contributed by atoms with Gasteiger partial charge in [0.05, 0.1) is 18.9 Å². The lowest BCUT2D eigenvalue weighted by molar-refractivity contribution is 0.0499. The van der Waals surface area contributed by atoms with Crippen LogP contribution < -0.4 is 4.72 Å². The molecule has 0 radical (unpaired) electrons. The Kier molecular flexibility index (Phi) is 5.21. The molecule has 1 N–H and O–H groups in total. The van der Waals surface area contributed by atoms with Gasteiger partial charge in [0.25, 0.3) is 10.0 Å². The highest BCUT2D eigenvalue weighted by atomic mass is 32.2. The minimum atomic E-state index is -4.32. The van der Waals surface area contributed by atoms with Gasteiger partial charge in [-0.25, -0.2) is 8.42 Å². The van der Waals surface area contributed by atoms with Crippen molar-refractivity contribution in [2.45, 2.75) is 13.8 Å². The first-order valence-corrected chi connectivity index (χ1v) is 11.1. The van der Waals surface area contributed by atoms with Gasteiger partial charge in [-0.1, -0.05) is 42.0 Å². The van der Waals surface area contributed by atoms with E-state index in [2.05, 4.69) is 4.72 Å². The predicted molar refractivity (Wildman–Crippen MR) is 113 cm³/mol. The second-order valence-corrected chi connectivity index (χ2v) is 9.02. The first-order chi connectivity index (χ1) is 14.3. The highest BCUT2D eigenvalue weighted by Gasteiger charge is 2.41. The van der Waals surface area contributed by atoms with E-state index >= 15 is 0 Å². The Bertz CT molecular complexity index is 1180. The number of fused-ring (bicyclic) bond motifs is 1. The largest absolute Gasteiger partial charge is 0.378 e. The van der Waals surface area contributed by atoms with Crippen molar-refractivity contribution in [3.63, 3.8) is 0 Å². The van der Waals surface area contributed by atoms with E-state index in [-0.39, 0.29) is 16.8 Å². The summed E-state index contributed by atoms with van der Waals surface area (Å²) < 4.78 is 34.7. The van der Waals surface area contributed by atoms with E-state index in [0.717, 1.165) is 11.1 Å². The van der Waals surface area contributed by atoms with Gasteiger partial charge in [-0.05, 0) is 25.5 Å². The number of Topliss-reactive ketones (excluding diaryl/α,β-unsaturated/α-hetero) is 2. The Morgan fingerprint density at radius 3 is 2.20 bits per heavy atom. The van der Waals surface area contributed by atoms with E-state index < -0.39 is 26.5 Å². The van der Waals surface area contributed by atoms with Gasteiger partial charge in [-0.3, -0.25) is 14.3 Å². The molecule has 1 saturated heterocycles. The summed E-state index contributed by atoms with van der Waals surface area (Å²) in [5, 5.41) is 0. The van der Waals surface area contributed by atoms with Crippen molar-refractivity contribution >= 4 is 27.3 Å². The lowest BCUT2D eigenvalue weighted by atomic mass is 9.91. The van der Waals surface area contributed by atoms with Crippen molar-refractivity contribution in [2.75, 3.05) is 31.0 Å². The Hall–Kier alpha value is -2.97. The van der Waals surface area contributed by atoms with Gasteiger partial charge in [-0.2, -0.15) is 0 Å². The maximum absolute atomic E-state index is 13.4. The Labute approximate surface area is 175 Å². The number of carbonyl (C=O) groups excluding carboxylic acids is 2. The predicted octanol–water partition coefficient (Wildman–Crippen LogP) is 2.67. The molecule has 1 aliphatic carbocycles. The first-order valence-electron chi connectivity index (χ1n) is 9.65. The molecule has 4 rings (SSSR count). The number of ether oxygens (including phenoxy) is 1. The van der Waals surface area contributed by atoms with Crippen LogP contribution in [-0.4, -0.2) is 51.2 Å². The molecule has 2 aromatic carbocycles. The van der Waals surface area contributed by atoms with Gasteiger partial charge in [0, 0.05) is 24.2 Å². The second kappa shape index (κ2) is 7.70. The molecular weight excluding hydrogens is 404 g/mol. The molecule has 156 valence electrons. The van der Waals surface area contributed by atoms with Crippen molar-refractivity contribution in [1.29, 1.82) is 0 Å². The summed E-state index contributed by atoms with van der Waals surface area (Å²) in [5.41, 5.74) is 2.31. The lowest BCUT2D eigenvalue weighted by Crippen LogP contribution is -2.43. The number of hydrogen-bond donors (Lipinski definition) is 1. The van der Waals surface area contributed by atoms with Crippen LogP contribution in [0.2, 0.25) is 0 Å². The van der Waals surface area contributed by atoms with E-state index in [1.54, 1.807) is 42.2 Å². The summed E-state index contributed by atoms with van der Waals surface area (Å²) in [6.07, 6.45) is 0. The topological polar surface area (TPSA) is 92.8 Å². The monoisotopic (exact) mass is 426 g/mol. The van der Waals surface area contributed by atoms with Crippen LogP contribution in [0, 0.1) is 13.8 Å². The van der Waals surface area contributed by atoms with Gasteiger partial charge < -0.3 is 9.64 Å². The average Bonchev–Trinajstić information content (AvgIpc) is 2.73. The fourth-order valence-electron chi connectivity index (χ4n) is 3.79. The number of anilines is 1. The number of aryl methyl sites for hydroxylation is 2. The van der Waals surface area contributed by atoms with Crippen molar-refractivity contribution in [1.82, 2.24) is 4.90 Å². The summed E-state index contributed by atoms with van der Waals surface area (Å²) in [4.78, 5) is 27.7. The fraction of sp³-hybridized carbons (Fsp3) is 0.273. The minimum absolute atomic E-state index is 0.0840. The molecular formula is C22H22N2O5S. The van der Waals surface area contributed by atoms with E-state index in [1.165, 1.54) is 6.07 Å². The standard InChI is InChI=1S/C22H22N2O5S/c1-14-7-8-18(15(2)13-14)23-30(27,28)22-19(24-9-11-29-12-10-24)20(25)16-5-3-4-6-17(16)21(22)26/h3-8,13,23H,9-12H2,1-2H3. The summed E-state index contributed by atoms with van der Waals surface area (Å²) >= 11 is 0. The normalized spacial score (nSPS) is 17.2. The van der Waals surface area contributed by atoms with Gasteiger partial charge in [0.1, 0.15) is 5.70 Å². The molecule has 30 heavy (non-hydrogen) atoms. The van der Waals surface area contributed by atoms with Crippen molar-refractivity contribution in [2.24, 2.45) is 0 Å². The third-order valence-corrected chi connectivity index (χ3v) is 6.68. The van der Waals surface area contributed by atoms with Crippen LogP contribution in [-0.2, 0) is 14.8 Å². The van der Waals surface area contributed by atoms with E-state index in [0.29, 0.717) is 32.0 Å². The number of benzene rings is 2. The number of carbonyl (C=O) groups is 2. The van der Waals surface area contributed by atoms with Crippen molar-refractivity contribution < 1.29 is 22.7 Å². The van der Waals surface area contributed by atoms with Gasteiger partial charge in [0.15, 0.2) is 4.91 Å². The molecule has 0 atom stereocenters. The number of ketones is 2. The number of sulfonamides is 1. The zero-order valence-corrected chi connectivity index (χ0v) is 17.6. The molecule has 0 amide bonds. The average molecular weight is 426 g/mol. The van der Waals surface area contributed by atoms with Crippen LogP contribution in [0.4, 0.5) is 5.69 Å². The number of morpholine rings is 1. The SMILES string of the molecule is Cc1ccc(NS(=O)(=O)C2=C(N3CCOCC3)C(=O)c3ccccc3C2=O)c(C)c1. The smallest absolute Gasteiger partial charge is 0.268 e. The van der Waals surface area contributed by atoms with E-state index in [4.69, 9.17) is 4.74 Å². The quantitative estimate of drug-likeness (QED) is 0.808. The lowest BCUT2D eigenvalue weighted by Gasteiger charge is -2.33. The third-order valence-electron chi connectivity index (χ3n) is 5.27. The Morgan fingerprint density at radius 2 is 1.57 bits per heavy atom. The van der Waals surface area contributed by atoms with Gasteiger partial charge in [-0.15, -0.1) is 0 Å². The molecule has 0 unspecified atom stereocenters. The number of hydrogen-bond acceptors (Lipinski definition) is 6. The van der Waals surface area contributed by atoms with Crippen LogP contribution in [0.15, 0.2) is 53.1 Å². The van der Waals surface area contributed by atoms with Crippen LogP contribution in [0.5, 0.6) is 0 Å². The molecule has 2 aliphatic rings. The van der Waals surface area contributed by atoms with Crippen LogP contribution >= 0.6 is 0 Å². The molecule has 8 heteroatoms. The number of nitrogens with one attached hydrogen (secondary N) is 1. The number of nitrogens with zero attached hydrogens (tertiary/aromatic N) is 1. The molecule has 1 heterocycles. The van der Waals surface area contributed by atoms with Crippen molar-refractivity contribution in [3.05, 3.63) is 75.3 Å². The van der Waals surface area contributed by atoms with Crippen LogP contribution in [0.3, 0.4) is 0 Å². The zero-order valence-electron chi connectivity index (χ0n) is 16.8. The molecule has 0 spiro atoms. The number of allylic oxidation sites excluding steroid dienone is 2. The highest BCUT2D eigenvalue weighted by molar-refractivity contribution is 7.97. The molecule has 1 aliphatic heterocycles. The molecule has 1 fully saturated rings. The Balaban J connectivity index is 1.87. The molecule has 0 saturated carbocycles. The number of rotatable bonds is 4. The summed E-state index contributed by atoms with van der Waals surface area (Å²) in [5.74, 6) is -1.14. The fourth-order valence-corrected chi connectivity index (χ4v) is 5.24. The Morgan fingerprint density at radius 1 is 0.933 bits per heavy atom. The van der Waals surface area contributed by atoms with Crippen LogP contribution in [0.1, 0.15) is 31.8 Å². The molecule has 7 nitrogen and oxygen atoms in total. The summed E-state index contributed by atoms with van der Waals surface area (Å²) in [6, 6.07) is 11.6. The zero-order chi connectivity index (χ0) is 21.5. The second-order valence-electron chi connectivity index (χ2n) is 7.40. The molecule has 0 bridgehead atoms. The molecule has 0 aromatic heterocycles. The molecule has 2 aromatic rings. The van der Waals surface area contributed by atoms with Crippen LogP contribution in [0.25, 0.3) is 0 Å². The van der Waals surface area contributed by atoms with Gasteiger partial charge >= 0.3 is 0 Å². The maximum atomic E-state index is 13.4. The van der Waals surface area contributed by atoms with Crippen molar-refractivity contribution in [3.8, 4) is 0 Å². The third kappa shape index (κ3) is 3.53. The summed E-state index contributed by atoms with van der Waals surface area (Å²) in [6.45, 7) is 5.06. The maximum Gasteiger partial charge on any atom is 0.268 e. The highest BCUT2D eigenvalue weighted by Crippen LogP contribution is 2.33. The van der Waals surface area contributed by atoms with E-state index in [9.17, 15) is 18.0 Å². The first kappa shape index (κ1) is 20.3. The minimum Gasteiger partial charge on any atom is -0.378 e. The van der Waals surface area contributed by atoms with E-state index in [1.807, 2.05) is 13.0 Å². The summed E-state index contributed by atoms with van der Waals surface area (Å²) in [7, 11) is -4.32.